The van der Waals surface area contributed by atoms with E-state index in [0.717, 1.165) is 31.8 Å². The summed E-state index contributed by atoms with van der Waals surface area (Å²) >= 11 is 1.83. The molecular formula is C10H19ClN2OS. The van der Waals surface area contributed by atoms with E-state index in [4.69, 9.17) is 0 Å². The van der Waals surface area contributed by atoms with Gasteiger partial charge in [-0.2, -0.15) is 0 Å². The Balaban J connectivity index is 0.00000112. The highest BCUT2D eigenvalue weighted by atomic mass is 35.5. The Morgan fingerprint density at radius 1 is 1.53 bits per heavy atom. The fourth-order valence-corrected chi connectivity index (χ4v) is 3.35. The van der Waals surface area contributed by atoms with Crippen LogP contribution in [0.5, 0.6) is 0 Å². The molecule has 2 rings (SSSR count). The van der Waals surface area contributed by atoms with Crippen molar-refractivity contribution in [1.82, 2.24) is 10.2 Å². The molecule has 0 radical (unpaired) electrons. The van der Waals surface area contributed by atoms with Gasteiger partial charge in [-0.05, 0) is 25.5 Å². The molecule has 1 unspecified atom stereocenters. The normalized spacial score (nSPS) is 31.1. The zero-order valence-electron chi connectivity index (χ0n) is 9.07. The minimum absolute atomic E-state index is 0. The number of thioether (sulfide) groups is 1. The Morgan fingerprint density at radius 2 is 2.33 bits per heavy atom. The van der Waals surface area contributed by atoms with Crippen molar-refractivity contribution in [1.29, 1.82) is 0 Å². The zero-order valence-corrected chi connectivity index (χ0v) is 10.7. The largest absolute Gasteiger partial charge is 0.336 e. The van der Waals surface area contributed by atoms with Gasteiger partial charge in [0.1, 0.15) is 0 Å². The quantitative estimate of drug-likeness (QED) is 0.757. The maximum absolute atomic E-state index is 12.1. The molecule has 2 aliphatic heterocycles. The topological polar surface area (TPSA) is 32.3 Å². The first-order valence-corrected chi connectivity index (χ1v) is 6.46. The smallest absolute Gasteiger partial charge is 0.236 e. The third-order valence-electron chi connectivity index (χ3n) is 2.99. The van der Waals surface area contributed by atoms with Crippen LogP contribution in [-0.4, -0.2) is 47.5 Å². The lowest BCUT2D eigenvalue weighted by atomic mass is 10.1. The molecule has 2 fully saturated rings. The summed E-state index contributed by atoms with van der Waals surface area (Å²) in [7, 11) is 0. The third kappa shape index (κ3) is 3.02. The SMILES string of the molecule is C[C@@H]1CNCCN1C(=O)C1CCCS1.Cl. The van der Waals surface area contributed by atoms with Crippen LogP contribution in [0.4, 0.5) is 0 Å². The molecular weight excluding hydrogens is 232 g/mol. The van der Waals surface area contributed by atoms with Crippen LogP contribution in [0.15, 0.2) is 0 Å². The second-order valence-corrected chi connectivity index (χ2v) is 5.40. The second-order valence-electron chi connectivity index (χ2n) is 4.09. The first-order chi connectivity index (χ1) is 6.79. The van der Waals surface area contributed by atoms with Crippen LogP contribution in [-0.2, 0) is 4.79 Å². The summed E-state index contributed by atoms with van der Waals surface area (Å²) in [4.78, 5) is 14.1. The number of amides is 1. The van der Waals surface area contributed by atoms with E-state index in [1.54, 1.807) is 0 Å². The van der Waals surface area contributed by atoms with E-state index < -0.39 is 0 Å². The summed E-state index contributed by atoms with van der Waals surface area (Å²) in [6, 6.07) is 0.373. The van der Waals surface area contributed by atoms with Gasteiger partial charge in [0, 0.05) is 25.7 Å². The van der Waals surface area contributed by atoms with Gasteiger partial charge in [0.15, 0.2) is 0 Å². The first kappa shape index (κ1) is 13.1. The Morgan fingerprint density at radius 3 is 2.93 bits per heavy atom. The fourth-order valence-electron chi connectivity index (χ4n) is 2.13. The van der Waals surface area contributed by atoms with E-state index in [1.165, 1.54) is 6.42 Å². The van der Waals surface area contributed by atoms with Crippen molar-refractivity contribution in [2.24, 2.45) is 0 Å². The lowest BCUT2D eigenvalue weighted by Gasteiger charge is -2.35. The molecule has 0 spiro atoms. The van der Waals surface area contributed by atoms with Gasteiger partial charge in [0.2, 0.25) is 5.91 Å². The van der Waals surface area contributed by atoms with E-state index in [2.05, 4.69) is 17.1 Å². The van der Waals surface area contributed by atoms with Crippen molar-refractivity contribution >= 4 is 30.1 Å². The average Bonchev–Trinajstić information content (AvgIpc) is 2.70. The number of carbonyl (C=O) groups excluding carboxylic acids is 1. The van der Waals surface area contributed by atoms with Crippen LogP contribution < -0.4 is 5.32 Å². The lowest BCUT2D eigenvalue weighted by molar-refractivity contribution is -0.133. The Labute approximate surface area is 102 Å². The number of halogens is 1. The van der Waals surface area contributed by atoms with Gasteiger partial charge in [0.05, 0.1) is 5.25 Å². The van der Waals surface area contributed by atoms with Crippen molar-refractivity contribution < 1.29 is 4.79 Å². The summed E-state index contributed by atoms with van der Waals surface area (Å²) in [5.74, 6) is 1.54. The van der Waals surface area contributed by atoms with Gasteiger partial charge in [-0.1, -0.05) is 0 Å². The molecule has 2 heterocycles. The van der Waals surface area contributed by atoms with Gasteiger partial charge in [-0.15, -0.1) is 24.2 Å². The summed E-state index contributed by atoms with van der Waals surface area (Å²) in [6.45, 7) is 4.91. The van der Waals surface area contributed by atoms with Crippen LogP contribution in [0, 0.1) is 0 Å². The van der Waals surface area contributed by atoms with E-state index in [0.29, 0.717) is 11.9 Å². The molecule has 0 aromatic rings. The number of rotatable bonds is 1. The van der Waals surface area contributed by atoms with Gasteiger partial charge < -0.3 is 10.2 Å². The summed E-state index contributed by atoms with van der Waals surface area (Å²) in [5, 5.41) is 3.57. The molecule has 0 bridgehead atoms. The fraction of sp³-hybridized carbons (Fsp3) is 0.900. The van der Waals surface area contributed by atoms with Gasteiger partial charge in [-0.3, -0.25) is 4.79 Å². The molecule has 2 aliphatic rings. The summed E-state index contributed by atoms with van der Waals surface area (Å²) in [5.41, 5.74) is 0. The van der Waals surface area contributed by atoms with E-state index >= 15 is 0 Å². The molecule has 3 nitrogen and oxygen atoms in total. The van der Waals surface area contributed by atoms with E-state index in [1.807, 2.05) is 11.8 Å². The monoisotopic (exact) mass is 250 g/mol. The molecule has 0 aliphatic carbocycles. The molecule has 1 amide bonds. The van der Waals surface area contributed by atoms with Gasteiger partial charge >= 0.3 is 0 Å². The minimum Gasteiger partial charge on any atom is -0.336 e. The molecule has 5 heteroatoms. The van der Waals surface area contributed by atoms with Crippen LogP contribution in [0.3, 0.4) is 0 Å². The van der Waals surface area contributed by atoms with Crippen molar-refractivity contribution in [2.75, 3.05) is 25.4 Å². The molecule has 2 saturated heterocycles. The molecule has 0 saturated carbocycles. The Kier molecular flexibility index (Phi) is 5.23. The maximum atomic E-state index is 12.1. The third-order valence-corrected chi connectivity index (χ3v) is 4.35. The molecule has 0 aromatic carbocycles. The maximum Gasteiger partial charge on any atom is 0.236 e. The summed E-state index contributed by atoms with van der Waals surface area (Å²) < 4.78 is 0. The molecule has 88 valence electrons. The predicted octanol–water partition coefficient (Wildman–Crippen LogP) is 1.12. The van der Waals surface area contributed by atoms with E-state index in [9.17, 15) is 4.79 Å². The number of nitrogens with zero attached hydrogens (tertiary/aromatic N) is 1. The molecule has 2 atom stereocenters. The number of carbonyl (C=O) groups is 1. The molecule has 1 N–H and O–H groups in total. The van der Waals surface area contributed by atoms with Crippen molar-refractivity contribution in [3.8, 4) is 0 Å². The number of hydrogen-bond acceptors (Lipinski definition) is 3. The zero-order chi connectivity index (χ0) is 9.97. The molecule has 15 heavy (non-hydrogen) atoms. The van der Waals surface area contributed by atoms with Crippen LogP contribution in [0.2, 0.25) is 0 Å². The standard InChI is InChI=1S/C10H18N2OS.ClH/c1-8-7-11-4-5-12(8)10(13)9-3-2-6-14-9;/h8-9,11H,2-7H2,1H3;1H/t8-,9?;/m1./s1. The highest BCUT2D eigenvalue weighted by Crippen LogP contribution is 2.28. The van der Waals surface area contributed by atoms with Crippen molar-refractivity contribution in [3.05, 3.63) is 0 Å². The van der Waals surface area contributed by atoms with E-state index in [-0.39, 0.29) is 17.7 Å². The van der Waals surface area contributed by atoms with Crippen LogP contribution >= 0.6 is 24.2 Å². The van der Waals surface area contributed by atoms with Gasteiger partial charge in [-0.25, -0.2) is 0 Å². The van der Waals surface area contributed by atoms with Crippen LogP contribution in [0.25, 0.3) is 0 Å². The lowest BCUT2D eigenvalue weighted by Crippen LogP contribution is -2.54. The number of piperazine rings is 1. The van der Waals surface area contributed by atoms with Crippen LogP contribution in [0.1, 0.15) is 19.8 Å². The summed E-state index contributed by atoms with van der Waals surface area (Å²) in [6.07, 6.45) is 2.29. The Hall–Kier alpha value is 0.0700. The molecule has 0 aromatic heterocycles. The number of hydrogen-bond donors (Lipinski definition) is 1. The average molecular weight is 251 g/mol. The Bertz CT molecular complexity index is 221. The van der Waals surface area contributed by atoms with Gasteiger partial charge in [0.25, 0.3) is 0 Å². The highest BCUT2D eigenvalue weighted by molar-refractivity contribution is 8.00. The van der Waals surface area contributed by atoms with Crippen molar-refractivity contribution in [2.45, 2.75) is 31.1 Å². The second kappa shape index (κ2) is 5.97. The minimum atomic E-state index is 0. The highest BCUT2D eigenvalue weighted by Gasteiger charge is 2.31. The number of nitrogens with one attached hydrogen (secondary N) is 1. The first-order valence-electron chi connectivity index (χ1n) is 5.42. The predicted molar refractivity (Wildman–Crippen MR) is 66.8 cm³/mol. The van der Waals surface area contributed by atoms with Crippen molar-refractivity contribution in [3.63, 3.8) is 0 Å².